The van der Waals surface area contributed by atoms with Crippen LogP contribution in [0.5, 0.6) is 0 Å². The van der Waals surface area contributed by atoms with E-state index in [0.29, 0.717) is 0 Å². The largest absolute Gasteiger partial charge is 3.00 e. The van der Waals surface area contributed by atoms with Crippen molar-refractivity contribution in [3.8, 4) is 0 Å². The monoisotopic (exact) mass is 141 g/mol. The molecule has 0 aliphatic rings. The van der Waals surface area contributed by atoms with Gasteiger partial charge >= 0.3 is 37.2 Å². The van der Waals surface area contributed by atoms with Crippen LogP contribution in [0, 0.1) is 0 Å². The SMILES string of the molecule is [Al+3].[Ga+3].[N-3].[P-3]. The summed E-state index contributed by atoms with van der Waals surface area (Å²) in [5, 5.41) is 0. The van der Waals surface area contributed by atoms with Crippen LogP contribution in [-0.2, 0) is 0 Å². The van der Waals surface area contributed by atoms with Gasteiger partial charge in [0.25, 0.3) is 0 Å². The molecule has 1 nitrogen and oxygen atoms in total. The Labute approximate surface area is 53.3 Å². The molecule has 0 aliphatic heterocycles. The van der Waals surface area contributed by atoms with Gasteiger partial charge in [0, 0.05) is 0 Å². The molecule has 0 aromatic carbocycles. The van der Waals surface area contributed by atoms with Crippen LogP contribution in [0.3, 0.4) is 0 Å². The Bertz CT molecular complexity index is 8.00. The van der Waals surface area contributed by atoms with Gasteiger partial charge in [0.05, 0.1) is 0 Å². The van der Waals surface area contributed by atoms with E-state index in [1.807, 2.05) is 0 Å². The summed E-state index contributed by atoms with van der Waals surface area (Å²) in [6.45, 7) is 0. The zero-order valence-corrected chi connectivity index (χ0v) is 6.52. The first kappa shape index (κ1) is 47.5. The fourth-order valence-electron chi connectivity index (χ4n) is 0. The van der Waals surface area contributed by atoms with Crippen LogP contribution >= 0.6 is 9.90 Å². The Morgan fingerprint density at radius 1 is 1.00 bits per heavy atom. The molecule has 0 rings (SSSR count). The fraction of sp³-hybridized carbons (Fsp3) is 0. The Morgan fingerprint density at radius 2 is 1.00 bits per heavy atom. The number of rotatable bonds is 0. The van der Waals surface area contributed by atoms with E-state index in [2.05, 4.69) is 0 Å². The number of hydrogen-bond donors (Lipinski definition) is 0. The molecule has 0 fully saturated rings. The molecular formula is AlGaNP. The molecule has 0 aromatic heterocycles. The second kappa shape index (κ2) is 23.8. The van der Waals surface area contributed by atoms with Crippen molar-refractivity contribution in [2.45, 2.75) is 0 Å². The first-order valence-electron chi connectivity index (χ1n) is 0. The van der Waals surface area contributed by atoms with Gasteiger partial charge in [-0.1, -0.05) is 0 Å². The maximum Gasteiger partial charge on any atom is 3.00 e. The van der Waals surface area contributed by atoms with Gasteiger partial charge in [-0.25, -0.2) is 0 Å². The van der Waals surface area contributed by atoms with E-state index in [9.17, 15) is 0 Å². The normalized spacial score (nSPS) is 0. The van der Waals surface area contributed by atoms with E-state index in [-0.39, 0.29) is 53.2 Å². The smallest absolute Gasteiger partial charge is 3.00 e. The summed E-state index contributed by atoms with van der Waals surface area (Å²) in [6.07, 6.45) is 0. The van der Waals surface area contributed by atoms with Crippen LogP contribution in [0.1, 0.15) is 0 Å². The van der Waals surface area contributed by atoms with E-state index in [1.165, 1.54) is 0 Å². The third-order valence-corrected chi connectivity index (χ3v) is 0. The van der Waals surface area contributed by atoms with Gasteiger partial charge in [0.15, 0.2) is 0 Å². The van der Waals surface area contributed by atoms with Crippen LogP contribution in [0.15, 0.2) is 0 Å². The Kier molecular flexibility index (Phi) is 282. The van der Waals surface area contributed by atoms with Gasteiger partial charge in [-0.05, 0) is 0 Å². The van der Waals surface area contributed by atoms with Crippen LogP contribution < -0.4 is 0 Å². The van der Waals surface area contributed by atoms with Gasteiger partial charge in [-0.15, -0.1) is 0 Å². The third-order valence-electron chi connectivity index (χ3n) is 0. The molecule has 0 radical (unpaired) electrons. The van der Waals surface area contributed by atoms with E-state index >= 15 is 0 Å². The van der Waals surface area contributed by atoms with Crippen molar-refractivity contribution in [2.24, 2.45) is 0 Å². The van der Waals surface area contributed by atoms with Gasteiger partial charge in [0.2, 0.25) is 0 Å². The molecule has 0 saturated carbocycles. The molecule has 0 aliphatic carbocycles. The van der Waals surface area contributed by atoms with Crippen molar-refractivity contribution < 1.29 is 0 Å². The molecule has 0 heterocycles. The van der Waals surface area contributed by atoms with Crippen molar-refractivity contribution in [1.29, 1.82) is 0 Å². The van der Waals surface area contributed by atoms with Gasteiger partial charge in [0.1, 0.15) is 0 Å². The van der Waals surface area contributed by atoms with Crippen LogP contribution in [-0.4, -0.2) is 37.2 Å². The summed E-state index contributed by atoms with van der Waals surface area (Å²) in [4.78, 5) is 0. The molecule has 0 bridgehead atoms. The van der Waals surface area contributed by atoms with Crippen molar-refractivity contribution in [2.75, 3.05) is 0 Å². The average molecular weight is 142 g/mol. The second-order valence-corrected chi connectivity index (χ2v) is 0. The standard InChI is InChI=1S/Al.Ga.N.P/q2*+3;2*-3. The molecule has 0 spiro atoms. The van der Waals surface area contributed by atoms with E-state index < -0.39 is 0 Å². The summed E-state index contributed by atoms with van der Waals surface area (Å²) < 4.78 is 0. The number of nitrogens with zero attached hydrogens (tertiary/aromatic N) is 1. The van der Waals surface area contributed by atoms with E-state index in [0.717, 1.165) is 0 Å². The zero-order valence-electron chi connectivity index (χ0n) is 2.05. The van der Waals surface area contributed by atoms with E-state index in [4.69, 9.17) is 0 Å². The summed E-state index contributed by atoms with van der Waals surface area (Å²) in [6, 6.07) is 0. The minimum absolute atomic E-state index is 0. The predicted molar refractivity (Wildman–Crippen MR) is 21.8 cm³/mol. The molecular weight excluding hydrogens is 142 g/mol. The molecule has 0 aromatic rings. The van der Waals surface area contributed by atoms with Crippen molar-refractivity contribution in [3.05, 3.63) is 6.15 Å². The summed E-state index contributed by atoms with van der Waals surface area (Å²) >= 11 is 0. The quantitative estimate of drug-likeness (QED) is 0.345. The van der Waals surface area contributed by atoms with Crippen LogP contribution in [0.25, 0.3) is 6.15 Å². The van der Waals surface area contributed by atoms with Gasteiger partial charge < -0.3 is 16.0 Å². The molecule has 4 heteroatoms. The Balaban J connectivity index is 0. The van der Waals surface area contributed by atoms with Gasteiger partial charge in [-0.2, -0.15) is 0 Å². The second-order valence-electron chi connectivity index (χ2n) is 0. The molecule has 0 saturated heterocycles. The van der Waals surface area contributed by atoms with Crippen molar-refractivity contribution >= 4 is 47.1 Å². The van der Waals surface area contributed by atoms with Gasteiger partial charge in [-0.3, -0.25) is 0 Å². The molecule has 4 heavy (non-hydrogen) atoms. The molecule has 16 valence electrons. The first-order chi connectivity index (χ1) is 0. The minimum Gasteiger partial charge on any atom is -3.00 e. The fourth-order valence-corrected chi connectivity index (χ4v) is 0. The molecule has 0 atom stereocenters. The molecule has 0 amide bonds. The Hall–Kier alpha value is 1.56. The first-order valence-corrected chi connectivity index (χ1v) is 0. The van der Waals surface area contributed by atoms with Crippen molar-refractivity contribution in [3.63, 3.8) is 0 Å². The molecule has 0 unspecified atom stereocenters. The van der Waals surface area contributed by atoms with E-state index in [1.54, 1.807) is 0 Å². The topological polar surface area (TPSA) is 30.5 Å². The average Bonchev–Trinajstić information content (AvgIpc) is 0. The molecule has 0 N–H and O–H groups in total. The Morgan fingerprint density at radius 3 is 1.00 bits per heavy atom. The van der Waals surface area contributed by atoms with Crippen LogP contribution in [0.4, 0.5) is 0 Å². The summed E-state index contributed by atoms with van der Waals surface area (Å²) in [7, 11) is 0. The zero-order chi connectivity index (χ0) is 0. The number of hydrogen-bond acceptors (Lipinski definition) is 0. The third kappa shape index (κ3) is 9.59. The minimum atomic E-state index is 0. The maximum absolute atomic E-state index is 0. The summed E-state index contributed by atoms with van der Waals surface area (Å²) in [5.41, 5.74) is 0. The maximum atomic E-state index is 0. The summed E-state index contributed by atoms with van der Waals surface area (Å²) in [5.74, 6) is 0. The predicted octanol–water partition coefficient (Wildman–Crippen LogP) is 0.388. The van der Waals surface area contributed by atoms with Crippen LogP contribution in [0.2, 0.25) is 0 Å². The van der Waals surface area contributed by atoms with Crippen molar-refractivity contribution in [1.82, 2.24) is 0 Å².